The van der Waals surface area contributed by atoms with Gasteiger partial charge in [-0.3, -0.25) is 4.98 Å². The van der Waals surface area contributed by atoms with Crippen LogP contribution in [0.5, 0.6) is 11.5 Å². The average molecular weight is 405 g/mol. The largest absolute Gasteiger partial charge is 0.493 e. The van der Waals surface area contributed by atoms with E-state index < -0.39 is 0 Å². The van der Waals surface area contributed by atoms with Gasteiger partial charge in [0.2, 0.25) is 0 Å². The van der Waals surface area contributed by atoms with Crippen LogP contribution in [0.15, 0.2) is 67.0 Å². The first-order valence-electron chi connectivity index (χ1n) is 10.5. The van der Waals surface area contributed by atoms with Crippen molar-refractivity contribution in [2.45, 2.75) is 44.9 Å². The van der Waals surface area contributed by atoms with Crippen molar-refractivity contribution in [2.75, 3.05) is 12.0 Å². The summed E-state index contributed by atoms with van der Waals surface area (Å²) in [5.41, 5.74) is 4.05. The van der Waals surface area contributed by atoms with Gasteiger partial charge in [0, 0.05) is 36.4 Å². The maximum absolute atomic E-state index is 9.40. The van der Waals surface area contributed by atoms with Crippen LogP contribution in [0.3, 0.4) is 0 Å². The minimum Gasteiger partial charge on any atom is -0.493 e. The Morgan fingerprint density at radius 3 is 2.40 bits per heavy atom. The van der Waals surface area contributed by atoms with Gasteiger partial charge in [0.15, 0.2) is 11.5 Å². The van der Waals surface area contributed by atoms with Gasteiger partial charge < -0.3 is 19.5 Å². The summed E-state index contributed by atoms with van der Waals surface area (Å²) in [6, 6.07) is 18.1. The van der Waals surface area contributed by atoms with E-state index in [0.717, 1.165) is 46.8 Å². The number of aromatic nitrogens is 1. The molecule has 0 spiro atoms. The monoisotopic (exact) mass is 404 g/mol. The van der Waals surface area contributed by atoms with Gasteiger partial charge in [-0.2, -0.15) is 0 Å². The molecule has 1 saturated carbocycles. The molecule has 1 N–H and O–H groups in total. The molecule has 156 valence electrons. The second-order valence-electron chi connectivity index (χ2n) is 7.63. The Bertz CT molecular complexity index is 938. The lowest BCUT2D eigenvalue weighted by atomic mass is 10.1. The van der Waals surface area contributed by atoms with Crippen molar-refractivity contribution in [3.05, 3.63) is 78.1 Å². The third kappa shape index (κ3) is 4.74. The Hall–Kier alpha value is -3.05. The van der Waals surface area contributed by atoms with E-state index in [4.69, 9.17) is 9.47 Å². The van der Waals surface area contributed by atoms with Crippen LogP contribution in [-0.4, -0.2) is 23.3 Å². The zero-order valence-corrected chi connectivity index (χ0v) is 17.3. The molecule has 0 amide bonds. The third-order valence-corrected chi connectivity index (χ3v) is 5.55. The van der Waals surface area contributed by atoms with Crippen molar-refractivity contribution in [1.29, 1.82) is 0 Å². The Kier molecular flexibility index (Phi) is 6.50. The second kappa shape index (κ2) is 9.63. The molecule has 5 nitrogen and oxygen atoms in total. The Labute approximate surface area is 177 Å². The molecule has 0 bridgehead atoms. The van der Waals surface area contributed by atoms with E-state index in [-0.39, 0.29) is 12.7 Å². The van der Waals surface area contributed by atoms with Crippen LogP contribution < -0.4 is 14.4 Å². The fourth-order valence-electron chi connectivity index (χ4n) is 3.90. The lowest BCUT2D eigenvalue weighted by Crippen LogP contribution is -2.17. The van der Waals surface area contributed by atoms with Crippen molar-refractivity contribution in [3.8, 4) is 11.5 Å². The maximum Gasteiger partial charge on any atom is 0.163 e. The molecule has 30 heavy (non-hydrogen) atoms. The lowest BCUT2D eigenvalue weighted by Gasteiger charge is -2.27. The highest BCUT2D eigenvalue weighted by molar-refractivity contribution is 5.67. The number of anilines is 2. The summed E-state index contributed by atoms with van der Waals surface area (Å²) in [4.78, 5) is 6.48. The molecular formula is C25H28N2O3. The van der Waals surface area contributed by atoms with Crippen molar-refractivity contribution < 1.29 is 14.6 Å². The SMILES string of the molecule is COc1ccc(N(Cc2cccnc2)c2ccc(CO)cc2)cc1OC1CCCC1. The minimum atomic E-state index is 0.0325. The minimum absolute atomic E-state index is 0.0325. The van der Waals surface area contributed by atoms with E-state index >= 15 is 0 Å². The van der Waals surface area contributed by atoms with Crippen LogP contribution in [-0.2, 0) is 13.2 Å². The van der Waals surface area contributed by atoms with Crippen molar-refractivity contribution >= 4 is 11.4 Å². The number of aliphatic hydroxyl groups is 1. The lowest BCUT2D eigenvalue weighted by molar-refractivity contribution is 0.201. The highest BCUT2D eigenvalue weighted by atomic mass is 16.5. The maximum atomic E-state index is 9.40. The van der Waals surface area contributed by atoms with Crippen LogP contribution >= 0.6 is 0 Å². The van der Waals surface area contributed by atoms with Gasteiger partial charge in [-0.15, -0.1) is 0 Å². The molecule has 4 rings (SSSR count). The first kappa shape index (κ1) is 20.2. The Morgan fingerprint density at radius 1 is 0.967 bits per heavy atom. The fourth-order valence-corrected chi connectivity index (χ4v) is 3.90. The number of aliphatic hydroxyl groups excluding tert-OH is 1. The zero-order chi connectivity index (χ0) is 20.8. The molecule has 5 heteroatoms. The van der Waals surface area contributed by atoms with Crippen molar-refractivity contribution in [1.82, 2.24) is 4.98 Å². The molecule has 0 unspecified atom stereocenters. The van der Waals surface area contributed by atoms with Gasteiger partial charge in [0.1, 0.15) is 0 Å². The topological polar surface area (TPSA) is 54.8 Å². The van der Waals surface area contributed by atoms with E-state index in [0.29, 0.717) is 6.54 Å². The normalized spacial score (nSPS) is 13.9. The standard InChI is InChI=1S/C25H28N2O3/c1-29-24-13-12-22(15-25(24)30-23-6-2-3-7-23)27(17-20-5-4-14-26-16-20)21-10-8-19(18-28)9-11-21/h4-5,8-16,23,28H,2-3,6-7,17-18H2,1H3. The summed E-state index contributed by atoms with van der Waals surface area (Å²) < 4.78 is 11.9. The Balaban J connectivity index is 1.69. The number of methoxy groups -OCH3 is 1. The second-order valence-corrected chi connectivity index (χ2v) is 7.63. The summed E-state index contributed by atoms with van der Waals surface area (Å²) in [5, 5.41) is 9.40. The first-order chi connectivity index (χ1) is 14.8. The van der Waals surface area contributed by atoms with E-state index in [1.54, 1.807) is 13.3 Å². The van der Waals surface area contributed by atoms with Gasteiger partial charge in [0.25, 0.3) is 0 Å². The molecular weight excluding hydrogens is 376 g/mol. The summed E-state index contributed by atoms with van der Waals surface area (Å²) in [7, 11) is 1.68. The van der Waals surface area contributed by atoms with E-state index in [1.165, 1.54) is 12.8 Å². The van der Waals surface area contributed by atoms with Crippen LogP contribution in [0.25, 0.3) is 0 Å². The number of pyridine rings is 1. The third-order valence-electron chi connectivity index (χ3n) is 5.55. The van der Waals surface area contributed by atoms with Gasteiger partial charge >= 0.3 is 0 Å². The number of benzene rings is 2. The Morgan fingerprint density at radius 2 is 1.73 bits per heavy atom. The molecule has 0 radical (unpaired) electrons. The van der Waals surface area contributed by atoms with E-state index in [2.05, 4.69) is 28.1 Å². The van der Waals surface area contributed by atoms with Gasteiger partial charge in [-0.05, 0) is 67.1 Å². The van der Waals surface area contributed by atoms with Crippen LogP contribution in [0.1, 0.15) is 36.8 Å². The molecule has 3 aromatic rings. The predicted molar refractivity (Wildman–Crippen MR) is 118 cm³/mol. The molecule has 0 atom stereocenters. The molecule has 2 aromatic carbocycles. The smallest absolute Gasteiger partial charge is 0.163 e. The summed E-state index contributed by atoms with van der Waals surface area (Å²) in [6.07, 6.45) is 8.54. The highest BCUT2D eigenvalue weighted by Crippen LogP contribution is 2.37. The number of hydrogen-bond acceptors (Lipinski definition) is 5. The molecule has 1 aliphatic carbocycles. The molecule has 1 heterocycles. The highest BCUT2D eigenvalue weighted by Gasteiger charge is 2.20. The van der Waals surface area contributed by atoms with E-state index in [9.17, 15) is 5.11 Å². The van der Waals surface area contributed by atoms with Crippen LogP contribution in [0.4, 0.5) is 11.4 Å². The van der Waals surface area contributed by atoms with Crippen molar-refractivity contribution in [3.63, 3.8) is 0 Å². The molecule has 0 saturated heterocycles. The zero-order valence-electron chi connectivity index (χ0n) is 17.3. The summed E-state index contributed by atoms with van der Waals surface area (Å²) in [6.45, 7) is 0.701. The van der Waals surface area contributed by atoms with Crippen LogP contribution in [0.2, 0.25) is 0 Å². The van der Waals surface area contributed by atoms with Crippen LogP contribution in [0, 0.1) is 0 Å². The predicted octanol–water partition coefficient (Wildman–Crippen LogP) is 5.24. The molecule has 0 aliphatic heterocycles. The van der Waals surface area contributed by atoms with E-state index in [1.807, 2.05) is 42.6 Å². The number of rotatable bonds is 8. The molecule has 1 aliphatic rings. The molecule has 1 fully saturated rings. The summed E-state index contributed by atoms with van der Waals surface area (Å²) in [5.74, 6) is 1.53. The number of hydrogen-bond donors (Lipinski definition) is 1. The quantitative estimate of drug-likeness (QED) is 0.556. The average Bonchev–Trinajstić information content (AvgIpc) is 3.31. The fraction of sp³-hybridized carbons (Fsp3) is 0.320. The van der Waals surface area contributed by atoms with Crippen molar-refractivity contribution in [2.24, 2.45) is 0 Å². The first-order valence-corrected chi connectivity index (χ1v) is 10.5. The summed E-state index contributed by atoms with van der Waals surface area (Å²) >= 11 is 0. The van der Waals surface area contributed by atoms with Gasteiger partial charge in [-0.1, -0.05) is 18.2 Å². The molecule has 1 aromatic heterocycles. The number of nitrogens with zero attached hydrogens (tertiary/aromatic N) is 2. The van der Waals surface area contributed by atoms with Gasteiger partial charge in [-0.25, -0.2) is 0 Å². The van der Waals surface area contributed by atoms with Gasteiger partial charge in [0.05, 0.1) is 19.8 Å². The number of ether oxygens (including phenoxy) is 2.